The molecule has 3 aliphatic rings. The first-order chi connectivity index (χ1) is 14.2. The molecule has 11 heteroatoms. The van der Waals surface area contributed by atoms with Crippen molar-refractivity contribution in [2.75, 3.05) is 18.1 Å². The molecule has 1 N–H and O–H groups in total. The maximum atomic E-state index is 15.2. The summed E-state index contributed by atoms with van der Waals surface area (Å²) in [5, 5.41) is 6.37. The molecule has 0 unspecified atom stereocenters. The van der Waals surface area contributed by atoms with Gasteiger partial charge in [0.1, 0.15) is 23.4 Å². The van der Waals surface area contributed by atoms with Crippen LogP contribution < -0.4 is 5.32 Å². The van der Waals surface area contributed by atoms with Gasteiger partial charge >= 0.3 is 6.09 Å². The lowest BCUT2D eigenvalue weighted by Crippen LogP contribution is -2.35. The van der Waals surface area contributed by atoms with Crippen LogP contribution in [0.5, 0.6) is 0 Å². The van der Waals surface area contributed by atoms with Gasteiger partial charge in [-0.05, 0) is 37.8 Å². The van der Waals surface area contributed by atoms with Crippen molar-refractivity contribution >= 4 is 21.6 Å². The van der Waals surface area contributed by atoms with Crippen LogP contribution >= 0.6 is 0 Å². The molecule has 1 atom stereocenters. The van der Waals surface area contributed by atoms with Gasteiger partial charge in [0, 0.05) is 12.0 Å². The van der Waals surface area contributed by atoms with Gasteiger partial charge in [0.05, 0.1) is 29.3 Å². The topological polar surface area (TPSA) is 94.1 Å². The van der Waals surface area contributed by atoms with Gasteiger partial charge in [0.15, 0.2) is 15.9 Å². The monoisotopic (exact) mass is 446 g/mol. The SMILES string of the molecule is O=C(NC[C@H]1CC(c2cc(F)c(C3(F)CCS(=O)(=O)CC3)c(F)c2)=NO1)OC1CC1. The molecule has 1 aliphatic carbocycles. The minimum absolute atomic E-state index is 0.0335. The zero-order valence-electron chi connectivity index (χ0n) is 16.0. The minimum Gasteiger partial charge on any atom is -0.446 e. The molecule has 0 radical (unpaired) electrons. The van der Waals surface area contributed by atoms with Crippen LogP contribution in [0.2, 0.25) is 0 Å². The Kier molecular flexibility index (Phi) is 5.41. The Morgan fingerprint density at radius 1 is 1.23 bits per heavy atom. The highest BCUT2D eigenvalue weighted by atomic mass is 32.2. The number of oxime groups is 1. The van der Waals surface area contributed by atoms with E-state index in [9.17, 15) is 22.0 Å². The third-order valence-electron chi connectivity index (χ3n) is 5.45. The predicted octanol–water partition coefficient (Wildman–Crippen LogP) is 2.72. The fourth-order valence-electron chi connectivity index (χ4n) is 3.56. The Morgan fingerprint density at radius 2 is 1.87 bits per heavy atom. The van der Waals surface area contributed by atoms with Crippen molar-refractivity contribution in [2.24, 2.45) is 5.16 Å². The Balaban J connectivity index is 1.41. The van der Waals surface area contributed by atoms with Crippen molar-refractivity contribution in [3.05, 3.63) is 34.9 Å². The molecule has 1 amide bonds. The zero-order chi connectivity index (χ0) is 21.5. The molecule has 30 heavy (non-hydrogen) atoms. The van der Waals surface area contributed by atoms with Gasteiger partial charge < -0.3 is 14.9 Å². The fourth-order valence-corrected chi connectivity index (χ4v) is 5.04. The van der Waals surface area contributed by atoms with Gasteiger partial charge in [-0.3, -0.25) is 0 Å². The molecule has 1 aromatic carbocycles. The van der Waals surface area contributed by atoms with Crippen LogP contribution in [-0.4, -0.2) is 50.5 Å². The first-order valence-electron chi connectivity index (χ1n) is 9.72. The van der Waals surface area contributed by atoms with E-state index >= 15 is 4.39 Å². The minimum atomic E-state index is -3.39. The molecule has 1 saturated carbocycles. The van der Waals surface area contributed by atoms with E-state index in [0.717, 1.165) is 25.0 Å². The maximum Gasteiger partial charge on any atom is 0.407 e. The van der Waals surface area contributed by atoms with E-state index < -0.39 is 69.2 Å². The lowest BCUT2D eigenvalue weighted by molar-refractivity contribution is 0.0796. The van der Waals surface area contributed by atoms with Gasteiger partial charge in [0.25, 0.3) is 0 Å². The van der Waals surface area contributed by atoms with E-state index in [1.165, 1.54) is 0 Å². The number of rotatable bonds is 5. The molecule has 7 nitrogen and oxygen atoms in total. The average Bonchev–Trinajstić information content (AvgIpc) is 3.35. The van der Waals surface area contributed by atoms with E-state index in [4.69, 9.17) is 9.57 Å². The number of carbonyl (C=O) groups is 1. The second-order valence-corrected chi connectivity index (χ2v) is 10.2. The molecule has 1 saturated heterocycles. The van der Waals surface area contributed by atoms with Crippen LogP contribution in [0.15, 0.2) is 17.3 Å². The summed E-state index contributed by atoms with van der Waals surface area (Å²) in [7, 11) is -3.39. The maximum absolute atomic E-state index is 15.2. The summed E-state index contributed by atoms with van der Waals surface area (Å²) in [6, 6.07) is 1.95. The van der Waals surface area contributed by atoms with Crippen molar-refractivity contribution in [3.63, 3.8) is 0 Å². The molecular weight excluding hydrogens is 425 g/mol. The number of ether oxygens (including phenoxy) is 1. The van der Waals surface area contributed by atoms with Crippen LogP contribution in [0.4, 0.5) is 18.0 Å². The molecular formula is C19H21F3N2O5S. The summed E-state index contributed by atoms with van der Waals surface area (Å²) in [4.78, 5) is 16.7. The van der Waals surface area contributed by atoms with E-state index in [1.807, 2.05) is 0 Å². The normalized spacial score (nSPS) is 24.6. The molecule has 2 heterocycles. The molecule has 4 rings (SSSR count). The summed E-state index contributed by atoms with van der Waals surface area (Å²) in [6.07, 6.45) is -0.190. The lowest BCUT2D eigenvalue weighted by Gasteiger charge is -2.30. The number of halogens is 3. The van der Waals surface area contributed by atoms with Crippen LogP contribution in [0.1, 0.15) is 43.2 Å². The van der Waals surface area contributed by atoms with E-state index in [1.54, 1.807) is 0 Å². The Morgan fingerprint density at radius 3 is 2.47 bits per heavy atom. The Bertz CT molecular complexity index is 957. The molecule has 0 bridgehead atoms. The van der Waals surface area contributed by atoms with Crippen molar-refractivity contribution in [1.82, 2.24) is 5.32 Å². The largest absolute Gasteiger partial charge is 0.446 e. The highest BCUT2D eigenvalue weighted by Gasteiger charge is 2.43. The average molecular weight is 446 g/mol. The van der Waals surface area contributed by atoms with Crippen molar-refractivity contribution < 1.29 is 36.0 Å². The summed E-state index contributed by atoms with van der Waals surface area (Å²) in [5.74, 6) is -3.10. The van der Waals surface area contributed by atoms with Crippen LogP contribution in [0.3, 0.4) is 0 Å². The summed E-state index contributed by atoms with van der Waals surface area (Å²) >= 11 is 0. The van der Waals surface area contributed by atoms with Gasteiger partial charge in [-0.1, -0.05) is 5.16 Å². The van der Waals surface area contributed by atoms with Gasteiger partial charge in [0.2, 0.25) is 0 Å². The number of carbonyl (C=O) groups excluding carboxylic acids is 1. The van der Waals surface area contributed by atoms with Gasteiger partial charge in [-0.2, -0.15) is 0 Å². The summed E-state index contributed by atoms with van der Waals surface area (Å²) in [6.45, 7) is 0.115. The first kappa shape index (κ1) is 21.0. The van der Waals surface area contributed by atoms with E-state index in [-0.39, 0.29) is 30.3 Å². The Labute approximate surface area is 171 Å². The van der Waals surface area contributed by atoms with E-state index in [2.05, 4.69) is 10.5 Å². The number of benzene rings is 1. The third-order valence-corrected chi connectivity index (χ3v) is 7.10. The predicted molar refractivity (Wildman–Crippen MR) is 101 cm³/mol. The molecule has 0 aromatic heterocycles. The number of alkyl carbamates (subject to hydrolysis) is 1. The first-order valence-corrected chi connectivity index (χ1v) is 11.5. The van der Waals surface area contributed by atoms with E-state index in [0.29, 0.717) is 0 Å². The number of alkyl halides is 1. The number of amides is 1. The summed E-state index contributed by atoms with van der Waals surface area (Å²) in [5.41, 5.74) is -2.76. The number of hydrogen-bond acceptors (Lipinski definition) is 6. The van der Waals surface area contributed by atoms with Crippen LogP contribution in [0, 0.1) is 11.6 Å². The lowest BCUT2D eigenvalue weighted by atomic mass is 9.87. The highest BCUT2D eigenvalue weighted by Crippen LogP contribution is 2.41. The van der Waals surface area contributed by atoms with Crippen molar-refractivity contribution in [2.45, 2.75) is 50.0 Å². The number of sulfone groups is 1. The standard InChI is InChI=1S/C19H21F3N2O5S/c20-14-7-11(8-15(21)17(14)19(22)3-5-30(26,27)6-4-19)16-9-13(29-24-16)10-23-18(25)28-12-1-2-12/h7-8,12-13H,1-6,9-10H2,(H,23,25)/t13-/m1/s1. The van der Waals surface area contributed by atoms with Gasteiger partial charge in [-0.25, -0.2) is 26.4 Å². The molecule has 1 aromatic rings. The highest BCUT2D eigenvalue weighted by molar-refractivity contribution is 7.91. The van der Waals surface area contributed by atoms with Crippen molar-refractivity contribution in [1.29, 1.82) is 0 Å². The van der Waals surface area contributed by atoms with Gasteiger partial charge in [-0.15, -0.1) is 0 Å². The quantitative estimate of drug-likeness (QED) is 0.751. The molecule has 164 valence electrons. The smallest absolute Gasteiger partial charge is 0.407 e. The second kappa shape index (κ2) is 7.75. The molecule has 2 fully saturated rings. The third kappa shape index (κ3) is 4.55. The number of nitrogens with one attached hydrogen (secondary N) is 1. The Hall–Kier alpha value is -2.30. The number of nitrogens with zero attached hydrogens (tertiary/aromatic N) is 1. The van der Waals surface area contributed by atoms with Crippen LogP contribution in [0.25, 0.3) is 0 Å². The van der Waals surface area contributed by atoms with Crippen molar-refractivity contribution in [3.8, 4) is 0 Å². The molecule has 2 aliphatic heterocycles. The number of hydrogen-bond donors (Lipinski definition) is 1. The summed E-state index contributed by atoms with van der Waals surface area (Å²) < 4.78 is 72.6. The molecule has 0 spiro atoms. The zero-order valence-corrected chi connectivity index (χ0v) is 16.8. The van der Waals surface area contributed by atoms with Crippen LogP contribution in [-0.2, 0) is 25.1 Å². The fraction of sp³-hybridized carbons (Fsp3) is 0.579. The second-order valence-electron chi connectivity index (χ2n) is 7.89.